The lowest BCUT2D eigenvalue weighted by molar-refractivity contribution is -0.137. The molecule has 3 heteroatoms. The van der Waals surface area contributed by atoms with Crippen LogP contribution in [0.25, 0.3) is 0 Å². The monoisotopic (exact) mass is 238 g/mol. The van der Waals surface area contributed by atoms with E-state index < -0.39 is 5.97 Å². The Morgan fingerprint density at radius 1 is 1.38 bits per heavy atom. The Morgan fingerprint density at radius 3 is 2.44 bits per heavy atom. The fourth-order valence-electron chi connectivity index (χ4n) is 2.38. The van der Waals surface area contributed by atoms with Gasteiger partial charge in [0.1, 0.15) is 0 Å². The zero-order valence-electron chi connectivity index (χ0n) is 9.51. The topological polar surface area (TPSA) is 37.3 Å². The summed E-state index contributed by atoms with van der Waals surface area (Å²) in [6, 6.07) is 4.01. The van der Waals surface area contributed by atoms with E-state index in [9.17, 15) is 4.79 Å². The van der Waals surface area contributed by atoms with E-state index in [1.807, 2.05) is 26.0 Å². The van der Waals surface area contributed by atoms with Gasteiger partial charge in [-0.25, -0.2) is 0 Å². The highest BCUT2D eigenvalue weighted by Gasteiger charge is 2.48. The summed E-state index contributed by atoms with van der Waals surface area (Å²) in [6.45, 7) is 3.96. The maximum Gasteiger partial charge on any atom is 0.304 e. The Kier molecular flexibility index (Phi) is 2.70. The molecule has 0 atom stereocenters. The van der Waals surface area contributed by atoms with Crippen LogP contribution in [-0.2, 0) is 10.2 Å². The summed E-state index contributed by atoms with van der Waals surface area (Å²) in [6.07, 6.45) is 2.06. The number of hydrogen-bond donors (Lipinski definition) is 1. The highest BCUT2D eigenvalue weighted by atomic mass is 35.5. The van der Waals surface area contributed by atoms with Crippen molar-refractivity contribution in [3.8, 4) is 0 Å². The molecule has 0 bridgehead atoms. The van der Waals surface area contributed by atoms with Crippen LogP contribution in [0.5, 0.6) is 0 Å². The molecule has 0 saturated heterocycles. The van der Waals surface area contributed by atoms with E-state index in [4.69, 9.17) is 16.7 Å². The van der Waals surface area contributed by atoms with E-state index in [1.54, 1.807) is 0 Å². The molecule has 1 aliphatic rings. The summed E-state index contributed by atoms with van der Waals surface area (Å²) in [4.78, 5) is 10.9. The van der Waals surface area contributed by atoms with Crippen LogP contribution < -0.4 is 0 Å². The first-order chi connectivity index (χ1) is 7.46. The molecule has 2 nitrogen and oxygen atoms in total. The van der Waals surface area contributed by atoms with Crippen molar-refractivity contribution in [1.82, 2.24) is 0 Å². The van der Waals surface area contributed by atoms with E-state index >= 15 is 0 Å². The lowest BCUT2D eigenvalue weighted by atomic mass is 9.88. The van der Waals surface area contributed by atoms with Gasteiger partial charge < -0.3 is 5.11 Å². The molecule has 0 aliphatic heterocycles. The Labute approximate surface area is 100 Å². The summed E-state index contributed by atoms with van der Waals surface area (Å²) >= 11 is 6.31. The zero-order chi connectivity index (χ0) is 11.9. The molecular formula is C13H15ClO2. The average Bonchev–Trinajstić information content (AvgIpc) is 2.92. The van der Waals surface area contributed by atoms with Crippen LogP contribution in [0.1, 0.15) is 36.0 Å². The van der Waals surface area contributed by atoms with Gasteiger partial charge in [-0.1, -0.05) is 23.7 Å². The van der Waals surface area contributed by atoms with E-state index in [0.717, 1.165) is 34.6 Å². The Morgan fingerprint density at radius 2 is 1.94 bits per heavy atom. The molecule has 2 rings (SSSR count). The molecule has 0 amide bonds. The van der Waals surface area contributed by atoms with Gasteiger partial charge in [-0.2, -0.15) is 0 Å². The van der Waals surface area contributed by atoms with Crippen molar-refractivity contribution < 1.29 is 9.90 Å². The van der Waals surface area contributed by atoms with Crippen LogP contribution in [0.3, 0.4) is 0 Å². The Bertz CT molecular complexity index is 447. The molecular weight excluding hydrogens is 224 g/mol. The van der Waals surface area contributed by atoms with Gasteiger partial charge in [-0.05, 0) is 43.4 Å². The summed E-state index contributed by atoms with van der Waals surface area (Å²) in [5.74, 6) is -0.741. The third-order valence-electron chi connectivity index (χ3n) is 3.42. The van der Waals surface area contributed by atoms with Crippen LogP contribution in [0.4, 0.5) is 0 Å². The van der Waals surface area contributed by atoms with Crippen molar-refractivity contribution in [3.63, 3.8) is 0 Å². The minimum absolute atomic E-state index is 0.191. The fraction of sp³-hybridized carbons (Fsp3) is 0.462. The number of hydrogen-bond acceptors (Lipinski definition) is 1. The molecule has 1 fully saturated rings. The third kappa shape index (κ3) is 1.82. The quantitative estimate of drug-likeness (QED) is 0.876. The van der Waals surface area contributed by atoms with Gasteiger partial charge in [0.05, 0.1) is 6.42 Å². The van der Waals surface area contributed by atoms with E-state index in [2.05, 4.69) is 0 Å². The maximum atomic E-state index is 10.9. The molecule has 1 aromatic rings. The molecule has 0 radical (unpaired) electrons. The molecule has 16 heavy (non-hydrogen) atoms. The third-order valence-corrected chi connectivity index (χ3v) is 3.90. The molecule has 1 aliphatic carbocycles. The number of carboxylic acid groups (broad SMARTS) is 1. The van der Waals surface area contributed by atoms with E-state index in [1.165, 1.54) is 0 Å². The minimum atomic E-state index is -0.741. The Balaban J connectivity index is 2.48. The van der Waals surface area contributed by atoms with Crippen LogP contribution in [0, 0.1) is 13.8 Å². The molecule has 1 N–H and O–H groups in total. The van der Waals surface area contributed by atoms with Gasteiger partial charge in [0.15, 0.2) is 0 Å². The number of carboxylic acids is 1. The summed E-state index contributed by atoms with van der Waals surface area (Å²) in [5.41, 5.74) is 2.99. The van der Waals surface area contributed by atoms with Crippen LogP contribution >= 0.6 is 11.6 Å². The number of aryl methyl sites for hydroxylation is 2. The normalized spacial score (nSPS) is 17.2. The van der Waals surface area contributed by atoms with Gasteiger partial charge in [-0.15, -0.1) is 0 Å². The maximum absolute atomic E-state index is 10.9. The molecule has 0 unspecified atom stereocenters. The summed E-state index contributed by atoms with van der Waals surface area (Å²) < 4.78 is 0. The molecule has 0 aromatic heterocycles. The number of carbonyl (C=O) groups is 1. The lowest BCUT2D eigenvalue weighted by Gasteiger charge is -2.19. The Hall–Kier alpha value is -1.02. The van der Waals surface area contributed by atoms with Crippen molar-refractivity contribution in [3.05, 3.63) is 33.8 Å². The van der Waals surface area contributed by atoms with Crippen LogP contribution in [0.2, 0.25) is 5.02 Å². The fourth-order valence-corrected chi connectivity index (χ4v) is 2.80. The molecule has 0 heterocycles. The predicted octanol–water partition coefficient (Wildman–Crippen LogP) is 3.46. The smallest absolute Gasteiger partial charge is 0.304 e. The SMILES string of the molecule is Cc1ccc(C)c(C2(CC(=O)O)CC2)c1Cl. The van der Waals surface area contributed by atoms with Crippen LogP contribution in [0.15, 0.2) is 12.1 Å². The standard InChI is InChI=1S/C13H15ClO2/c1-8-3-4-9(2)12(14)11(8)13(5-6-13)7-10(15)16/h3-4H,5-7H2,1-2H3,(H,15,16). The van der Waals surface area contributed by atoms with Gasteiger partial charge >= 0.3 is 5.97 Å². The van der Waals surface area contributed by atoms with Crippen molar-refractivity contribution in [2.75, 3.05) is 0 Å². The van der Waals surface area contributed by atoms with Crippen molar-refractivity contribution >= 4 is 17.6 Å². The largest absolute Gasteiger partial charge is 0.481 e. The van der Waals surface area contributed by atoms with Crippen molar-refractivity contribution in [1.29, 1.82) is 0 Å². The number of benzene rings is 1. The molecule has 0 spiro atoms. The molecule has 1 saturated carbocycles. The minimum Gasteiger partial charge on any atom is -0.481 e. The molecule has 1 aromatic carbocycles. The van der Waals surface area contributed by atoms with Gasteiger partial charge in [0, 0.05) is 10.4 Å². The van der Waals surface area contributed by atoms with Gasteiger partial charge in [-0.3, -0.25) is 4.79 Å². The molecule has 86 valence electrons. The van der Waals surface area contributed by atoms with Crippen LogP contribution in [-0.4, -0.2) is 11.1 Å². The second-order valence-electron chi connectivity index (χ2n) is 4.74. The number of rotatable bonds is 3. The van der Waals surface area contributed by atoms with E-state index in [0.29, 0.717) is 0 Å². The predicted molar refractivity (Wildman–Crippen MR) is 64.1 cm³/mol. The first-order valence-electron chi connectivity index (χ1n) is 5.44. The highest BCUT2D eigenvalue weighted by molar-refractivity contribution is 6.32. The first kappa shape index (κ1) is 11.5. The second-order valence-corrected chi connectivity index (χ2v) is 5.12. The second kappa shape index (κ2) is 3.77. The number of halogens is 1. The zero-order valence-corrected chi connectivity index (χ0v) is 10.3. The van der Waals surface area contributed by atoms with Crippen molar-refractivity contribution in [2.45, 2.75) is 38.5 Å². The summed E-state index contributed by atoms with van der Waals surface area (Å²) in [7, 11) is 0. The van der Waals surface area contributed by atoms with Gasteiger partial charge in [0.2, 0.25) is 0 Å². The highest BCUT2D eigenvalue weighted by Crippen LogP contribution is 2.54. The first-order valence-corrected chi connectivity index (χ1v) is 5.82. The number of aliphatic carboxylic acids is 1. The lowest BCUT2D eigenvalue weighted by Crippen LogP contribution is -2.15. The average molecular weight is 239 g/mol. The van der Waals surface area contributed by atoms with Crippen molar-refractivity contribution in [2.24, 2.45) is 0 Å². The van der Waals surface area contributed by atoms with Gasteiger partial charge in [0.25, 0.3) is 0 Å². The van der Waals surface area contributed by atoms with E-state index in [-0.39, 0.29) is 11.8 Å². The summed E-state index contributed by atoms with van der Waals surface area (Å²) in [5, 5.41) is 9.71.